The van der Waals surface area contributed by atoms with Gasteiger partial charge in [-0.3, -0.25) is 4.79 Å². The largest absolute Gasteiger partial charge is 0.374 e. The second kappa shape index (κ2) is 9.13. The molecule has 0 spiro atoms. The van der Waals surface area contributed by atoms with Gasteiger partial charge >= 0.3 is 0 Å². The summed E-state index contributed by atoms with van der Waals surface area (Å²) in [5.74, 6) is -0.240. The van der Waals surface area contributed by atoms with Gasteiger partial charge in [0, 0.05) is 11.7 Å². The highest BCUT2D eigenvalue weighted by Gasteiger charge is 2.17. The Labute approximate surface area is 139 Å². The molecule has 0 aliphatic heterocycles. The van der Waals surface area contributed by atoms with Crippen LogP contribution in [0.15, 0.2) is 24.3 Å². The standard InChI is InChI=1S/C17H26N2O2.ClH/c1-12(13(2)18)17(20)19-15-9-7-14(8-10-15)11-21-16-5-3-4-6-16;/h7-10,12-13,16H,3-6,11,18H2,1-2H3,(H,19,20);1H. The first-order chi connectivity index (χ1) is 10.1. The molecule has 3 N–H and O–H groups in total. The predicted octanol–water partition coefficient (Wildman–Crippen LogP) is 3.49. The fraction of sp³-hybridized carbons (Fsp3) is 0.588. The number of hydrogen-bond acceptors (Lipinski definition) is 3. The number of halogens is 1. The van der Waals surface area contributed by atoms with Crippen LogP contribution in [0.2, 0.25) is 0 Å². The molecule has 1 aromatic carbocycles. The van der Waals surface area contributed by atoms with E-state index in [1.165, 1.54) is 25.7 Å². The summed E-state index contributed by atoms with van der Waals surface area (Å²) in [5.41, 5.74) is 7.68. The van der Waals surface area contributed by atoms with Gasteiger partial charge in [-0.15, -0.1) is 12.4 Å². The van der Waals surface area contributed by atoms with Gasteiger partial charge < -0.3 is 15.8 Å². The van der Waals surface area contributed by atoms with Crippen molar-refractivity contribution in [2.24, 2.45) is 11.7 Å². The lowest BCUT2D eigenvalue weighted by atomic mass is 10.0. The molecule has 124 valence electrons. The van der Waals surface area contributed by atoms with Gasteiger partial charge in [-0.2, -0.15) is 0 Å². The van der Waals surface area contributed by atoms with Crippen LogP contribution in [0.4, 0.5) is 5.69 Å². The van der Waals surface area contributed by atoms with E-state index >= 15 is 0 Å². The van der Waals surface area contributed by atoms with Gasteiger partial charge in [0.1, 0.15) is 0 Å². The molecule has 1 fully saturated rings. The Morgan fingerprint density at radius 2 is 1.86 bits per heavy atom. The van der Waals surface area contributed by atoms with Crippen molar-refractivity contribution in [3.05, 3.63) is 29.8 Å². The van der Waals surface area contributed by atoms with E-state index in [1.807, 2.05) is 38.1 Å². The lowest BCUT2D eigenvalue weighted by Crippen LogP contribution is -2.34. The lowest BCUT2D eigenvalue weighted by Gasteiger charge is -2.15. The van der Waals surface area contributed by atoms with Gasteiger partial charge in [0.05, 0.1) is 18.6 Å². The van der Waals surface area contributed by atoms with Crippen LogP contribution in [0.25, 0.3) is 0 Å². The SMILES string of the molecule is CC(N)C(C)C(=O)Nc1ccc(COC2CCCC2)cc1.Cl. The average molecular weight is 327 g/mol. The second-order valence-corrected chi connectivity index (χ2v) is 6.05. The molecule has 5 heteroatoms. The zero-order valence-corrected chi connectivity index (χ0v) is 14.2. The minimum atomic E-state index is -0.199. The van der Waals surface area contributed by atoms with Crippen LogP contribution in [-0.4, -0.2) is 18.1 Å². The molecule has 2 unspecified atom stereocenters. The number of ether oxygens (including phenoxy) is 1. The summed E-state index contributed by atoms with van der Waals surface area (Å²) in [5, 5.41) is 2.89. The van der Waals surface area contributed by atoms with Crippen LogP contribution in [0.3, 0.4) is 0 Å². The first kappa shape index (κ1) is 18.9. The summed E-state index contributed by atoms with van der Waals surface area (Å²) in [6.45, 7) is 4.33. The highest BCUT2D eigenvalue weighted by atomic mass is 35.5. The van der Waals surface area contributed by atoms with Crippen molar-refractivity contribution in [3.63, 3.8) is 0 Å². The molecular formula is C17H27ClN2O2. The molecular weight excluding hydrogens is 300 g/mol. The Kier molecular flexibility index (Phi) is 7.87. The van der Waals surface area contributed by atoms with Gasteiger partial charge in [-0.1, -0.05) is 31.9 Å². The van der Waals surface area contributed by atoms with E-state index < -0.39 is 0 Å². The van der Waals surface area contributed by atoms with Gasteiger partial charge in [0.15, 0.2) is 0 Å². The zero-order valence-electron chi connectivity index (χ0n) is 13.4. The third-order valence-electron chi connectivity index (χ3n) is 4.21. The number of amides is 1. The fourth-order valence-corrected chi connectivity index (χ4v) is 2.45. The van der Waals surface area contributed by atoms with Crippen molar-refractivity contribution in [2.45, 2.75) is 58.3 Å². The highest BCUT2D eigenvalue weighted by molar-refractivity contribution is 5.92. The van der Waals surface area contributed by atoms with E-state index in [-0.39, 0.29) is 30.3 Å². The Morgan fingerprint density at radius 3 is 2.41 bits per heavy atom. The van der Waals surface area contributed by atoms with Crippen molar-refractivity contribution in [3.8, 4) is 0 Å². The lowest BCUT2D eigenvalue weighted by molar-refractivity contribution is -0.119. The van der Waals surface area contributed by atoms with Crippen LogP contribution in [0, 0.1) is 5.92 Å². The molecule has 2 rings (SSSR count). The van der Waals surface area contributed by atoms with Crippen molar-refractivity contribution in [2.75, 3.05) is 5.32 Å². The van der Waals surface area contributed by atoms with E-state index in [0.29, 0.717) is 12.7 Å². The topological polar surface area (TPSA) is 64.4 Å². The Bertz CT molecular complexity index is 456. The third-order valence-corrected chi connectivity index (χ3v) is 4.21. The number of benzene rings is 1. The van der Waals surface area contributed by atoms with E-state index in [0.717, 1.165) is 11.3 Å². The quantitative estimate of drug-likeness (QED) is 0.841. The minimum absolute atomic E-state index is 0. The van der Waals surface area contributed by atoms with E-state index in [1.54, 1.807) is 0 Å². The minimum Gasteiger partial charge on any atom is -0.374 e. The van der Waals surface area contributed by atoms with E-state index in [9.17, 15) is 4.79 Å². The highest BCUT2D eigenvalue weighted by Crippen LogP contribution is 2.22. The molecule has 1 saturated carbocycles. The maximum absolute atomic E-state index is 11.9. The maximum Gasteiger partial charge on any atom is 0.228 e. The van der Waals surface area contributed by atoms with Crippen LogP contribution in [-0.2, 0) is 16.1 Å². The molecule has 22 heavy (non-hydrogen) atoms. The average Bonchev–Trinajstić information content (AvgIpc) is 2.99. The zero-order chi connectivity index (χ0) is 15.2. The number of rotatable bonds is 6. The summed E-state index contributed by atoms with van der Waals surface area (Å²) in [6, 6.07) is 7.68. The molecule has 0 saturated heterocycles. The molecule has 0 aromatic heterocycles. The van der Waals surface area contributed by atoms with Crippen molar-refractivity contribution < 1.29 is 9.53 Å². The Morgan fingerprint density at radius 1 is 1.27 bits per heavy atom. The van der Waals surface area contributed by atoms with Crippen LogP contribution < -0.4 is 11.1 Å². The number of carbonyl (C=O) groups excluding carboxylic acids is 1. The first-order valence-electron chi connectivity index (χ1n) is 7.83. The molecule has 0 heterocycles. The monoisotopic (exact) mass is 326 g/mol. The first-order valence-corrected chi connectivity index (χ1v) is 7.83. The normalized spacial score (nSPS) is 17.6. The van der Waals surface area contributed by atoms with Gasteiger partial charge in [0.25, 0.3) is 0 Å². The summed E-state index contributed by atoms with van der Waals surface area (Å²) >= 11 is 0. The molecule has 1 amide bonds. The molecule has 4 nitrogen and oxygen atoms in total. The number of hydrogen-bond donors (Lipinski definition) is 2. The molecule has 2 atom stereocenters. The summed E-state index contributed by atoms with van der Waals surface area (Å²) in [6.07, 6.45) is 5.36. The number of carbonyl (C=O) groups is 1. The van der Waals surface area contributed by atoms with E-state index in [4.69, 9.17) is 10.5 Å². The van der Waals surface area contributed by atoms with Gasteiger partial charge in [-0.05, 0) is 37.5 Å². The molecule has 1 aliphatic rings. The fourth-order valence-electron chi connectivity index (χ4n) is 2.45. The van der Waals surface area contributed by atoms with Gasteiger partial charge in [0.2, 0.25) is 5.91 Å². The molecule has 1 aliphatic carbocycles. The number of nitrogens with one attached hydrogen (secondary N) is 1. The number of nitrogens with two attached hydrogens (primary N) is 1. The summed E-state index contributed by atoms with van der Waals surface area (Å²) < 4.78 is 5.88. The van der Waals surface area contributed by atoms with Crippen molar-refractivity contribution in [1.29, 1.82) is 0 Å². The Hall–Kier alpha value is -1.10. The number of anilines is 1. The third kappa shape index (κ3) is 5.59. The molecule has 0 radical (unpaired) electrons. The maximum atomic E-state index is 11.9. The summed E-state index contributed by atoms with van der Waals surface area (Å²) in [4.78, 5) is 11.9. The smallest absolute Gasteiger partial charge is 0.228 e. The van der Waals surface area contributed by atoms with Crippen LogP contribution >= 0.6 is 12.4 Å². The van der Waals surface area contributed by atoms with Crippen LogP contribution in [0.1, 0.15) is 45.1 Å². The molecule has 1 aromatic rings. The van der Waals surface area contributed by atoms with Gasteiger partial charge in [-0.25, -0.2) is 0 Å². The second-order valence-electron chi connectivity index (χ2n) is 6.05. The van der Waals surface area contributed by atoms with E-state index in [2.05, 4.69) is 5.32 Å². The summed E-state index contributed by atoms with van der Waals surface area (Å²) in [7, 11) is 0. The predicted molar refractivity (Wildman–Crippen MR) is 92.2 cm³/mol. The molecule has 0 bridgehead atoms. The Balaban J connectivity index is 0.00000242. The van der Waals surface area contributed by atoms with Crippen molar-refractivity contribution in [1.82, 2.24) is 0 Å². The van der Waals surface area contributed by atoms with Crippen LogP contribution in [0.5, 0.6) is 0 Å². The van der Waals surface area contributed by atoms with Crippen molar-refractivity contribution >= 4 is 24.0 Å².